The summed E-state index contributed by atoms with van der Waals surface area (Å²) < 4.78 is 11.4. The first-order valence-electron chi connectivity index (χ1n) is 10.8. The van der Waals surface area contributed by atoms with E-state index < -0.39 is 0 Å². The number of benzene rings is 1. The number of rotatable bonds is 12. The molecule has 1 aliphatic carbocycles. The third-order valence-electron chi connectivity index (χ3n) is 4.54. The SMILES string of the molecule is CCNC(=NCCCC(=O)NC1CC1)NC(C)c1ccc(OCC)c(OCC)c1.I. The van der Waals surface area contributed by atoms with E-state index in [1.807, 2.05) is 39.0 Å². The van der Waals surface area contributed by atoms with Gasteiger partial charge in [-0.25, -0.2) is 0 Å². The molecule has 7 nitrogen and oxygen atoms in total. The fraction of sp³-hybridized carbons (Fsp3) is 0.636. The molecule has 0 spiro atoms. The average molecular weight is 532 g/mol. The molecule has 1 amide bonds. The fourth-order valence-corrected chi connectivity index (χ4v) is 2.90. The molecule has 0 aromatic heterocycles. The summed E-state index contributed by atoms with van der Waals surface area (Å²) in [4.78, 5) is 16.4. The molecule has 0 saturated heterocycles. The Kier molecular flexibility index (Phi) is 12.6. The summed E-state index contributed by atoms with van der Waals surface area (Å²) in [7, 11) is 0. The van der Waals surface area contributed by atoms with Gasteiger partial charge in [0.05, 0.1) is 19.3 Å². The molecule has 1 aromatic carbocycles. The Morgan fingerprint density at radius 1 is 1.17 bits per heavy atom. The van der Waals surface area contributed by atoms with Gasteiger partial charge in [-0.05, 0) is 64.7 Å². The maximum absolute atomic E-state index is 11.8. The number of guanidine groups is 1. The van der Waals surface area contributed by atoms with Gasteiger partial charge in [-0.15, -0.1) is 24.0 Å². The number of carbonyl (C=O) groups excluding carboxylic acids is 1. The lowest BCUT2D eigenvalue weighted by atomic mass is 10.1. The Hall–Kier alpha value is -1.71. The molecule has 1 fully saturated rings. The summed E-state index contributed by atoms with van der Waals surface area (Å²) in [6, 6.07) is 6.46. The third-order valence-corrected chi connectivity index (χ3v) is 4.54. The molecule has 1 unspecified atom stereocenters. The summed E-state index contributed by atoms with van der Waals surface area (Å²) in [6.45, 7) is 10.6. The second-order valence-corrected chi connectivity index (χ2v) is 7.14. The van der Waals surface area contributed by atoms with Crippen molar-refractivity contribution >= 4 is 35.8 Å². The largest absolute Gasteiger partial charge is 0.490 e. The minimum atomic E-state index is 0. The molecule has 1 aromatic rings. The second kappa shape index (κ2) is 14.3. The molecule has 2 rings (SSSR count). The van der Waals surface area contributed by atoms with Gasteiger partial charge in [0.1, 0.15) is 0 Å². The van der Waals surface area contributed by atoms with Crippen LogP contribution >= 0.6 is 24.0 Å². The molecule has 0 radical (unpaired) electrons. The highest BCUT2D eigenvalue weighted by atomic mass is 127. The highest BCUT2D eigenvalue weighted by Gasteiger charge is 2.22. The second-order valence-electron chi connectivity index (χ2n) is 7.14. The quantitative estimate of drug-likeness (QED) is 0.165. The zero-order chi connectivity index (χ0) is 21.1. The number of nitrogens with one attached hydrogen (secondary N) is 3. The van der Waals surface area contributed by atoms with Crippen LogP contribution in [0.3, 0.4) is 0 Å². The number of carbonyl (C=O) groups is 1. The van der Waals surface area contributed by atoms with Crippen molar-refractivity contribution in [2.24, 2.45) is 4.99 Å². The normalized spacial score (nSPS) is 14.3. The first-order chi connectivity index (χ1) is 14.1. The Labute approximate surface area is 197 Å². The molecular weight excluding hydrogens is 495 g/mol. The number of halogens is 1. The topological polar surface area (TPSA) is 84.0 Å². The van der Waals surface area contributed by atoms with E-state index in [2.05, 4.69) is 27.9 Å². The van der Waals surface area contributed by atoms with Gasteiger partial charge in [-0.2, -0.15) is 0 Å². The minimum absolute atomic E-state index is 0. The van der Waals surface area contributed by atoms with Crippen molar-refractivity contribution in [3.63, 3.8) is 0 Å². The number of hydrogen-bond acceptors (Lipinski definition) is 4. The van der Waals surface area contributed by atoms with E-state index in [1.54, 1.807) is 0 Å². The molecule has 170 valence electrons. The molecule has 3 N–H and O–H groups in total. The number of amides is 1. The average Bonchev–Trinajstić information content (AvgIpc) is 3.51. The van der Waals surface area contributed by atoms with Gasteiger partial charge in [0.2, 0.25) is 5.91 Å². The van der Waals surface area contributed by atoms with E-state index in [4.69, 9.17) is 9.47 Å². The first-order valence-corrected chi connectivity index (χ1v) is 10.8. The highest BCUT2D eigenvalue weighted by molar-refractivity contribution is 14.0. The third kappa shape index (κ3) is 9.40. The zero-order valence-electron chi connectivity index (χ0n) is 18.6. The van der Waals surface area contributed by atoms with Gasteiger partial charge in [0.25, 0.3) is 0 Å². The van der Waals surface area contributed by atoms with Gasteiger partial charge in [-0.1, -0.05) is 6.07 Å². The van der Waals surface area contributed by atoms with Crippen molar-refractivity contribution < 1.29 is 14.3 Å². The fourth-order valence-electron chi connectivity index (χ4n) is 2.90. The minimum Gasteiger partial charge on any atom is -0.490 e. The highest BCUT2D eigenvalue weighted by Crippen LogP contribution is 2.30. The van der Waals surface area contributed by atoms with Crippen molar-refractivity contribution in [2.75, 3.05) is 26.3 Å². The lowest BCUT2D eigenvalue weighted by Crippen LogP contribution is -2.38. The molecule has 0 aliphatic heterocycles. The Balaban J connectivity index is 0.00000450. The summed E-state index contributed by atoms with van der Waals surface area (Å²) >= 11 is 0. The predicted octanol–water partition coefficient (Wildman–Crippen LogP) is 3.78. The van der Waals surface area contributed by atoms with Gasteiger partial charge in [0.15, 0.2) is 17.5 Å². The van der Waals surface area contributed by atoms with E-state index in [9.17, 15) is 4.79 Å². The van der Waals surface area contributed by atoms with Crippen LogP contribution in [-0.4, -0.2) is 44.2 Å². The Bertz CT molecular complexity index is 680. The van der Waals surface area contributed by atoms with Crippen molar-refractivity contribution in [1.82, 2.24) is 16.0 Å². The van der Waals surface area contributed by atoms with Crippen molar-refractivity contribution in [3.05, 3.63) is 23.8 Å². The maximum atomic E-state index is 11.8. The van der Waals surface area contributed by atoms with Crippen LogP contribution in [0.15, 0.2) is 23.2 Å². The number of hydrogen-bond donors (Lipinski definition) is 3. The maximum Gasteiger partial charge on any atom is 0.220 e. The van der Waals surface area contributed by atoms with Crippen LogP contribution in [0.4, 0.5) is 0 Å². The van der Waals surface area contributed by atoms with Crippen LogP contribution in [0, 0.1) is 0 Å². The van der Waals surface area contributed by atoms with Crippen LogP contribution in [0.5, 0.6) is 11.5 Å². The van der Waals surface area contributed by atoms with E-state index in [0.29, 0.717) is 32.2 Å². The summed E-state index contributed by atoms with van der Waals surface area (Å²) in [6.07, 6.45) is 3.49. The zero-order valence-corrected chi connectivity index (χ0v) is 21.0. The molecular formula is C22H37IN4O3. The van der Waals surface area contributed by atoms with Gasteiger partial charge < -0.3 is 25.4 Å². The van der Waals surface area contributed by atoms with Crippen molar-refractivity contribution in [1.29, 1.82) is 0 Å². The number of nitrogens with zero attached hydrogens (tertiary/aromatic N) is 1. The van der Waals surface area contributed by atoms with Crippen molar-refractivity contribution in [2.45, 2.75) is 65.5 Å². The van der Waals surface area contributed by atoms with Gasteiger partial charge in [0, 0.05) is 25.6 Å². The lowest BCUT2D eigenvalue weighted by Gasteiger charge is -2.20. The van der Waals surface area contributed by atoms with E-state index >= 15 is 0 Å². The molecule has 0 bridgehead atoms. The first kappa shape index (κ1) is 26.3. The van der Waals surface area contributed by atoms with Crippen LogP contribution < -0.4 is 25.4 Å². The monoisotopic (exact) mass is 532 g/mol. The van der Waals surface area contributed by atoms with Crippen LogP contribution in [0.1, 0.15) is 65.0 Å². The molecule has 1 saturated carbocycles. The molecule has 30 heavy (non-hydrogen) atoms. The summed E-state index contributed by atoms with van der Waals surface area (Å²) in [5.41, 5.74) is 1.09. The number of ether oxygens (including phenoxy) is 2. The Morgan fingerprint density at radius 3 is 2.50 bits per heavy atom. The van der Waals surface area contributed by atoms with Gasteiger partial charge >= 0.3 is 0 Å². The summed E-state index contributed by atoms with van der Waals surface area (Å²) in [5.74, 6) is 2.39. The van der Waals surface area contributed by atoms with Crippen LogP contribution in [0.25, 0.3) is 0 Å². The standard InChI is InChI=1S/C22H36N4O3.HI/c1-5-23-22(24-14-8-9-21(27)26-18-11-12-18)25-16(4)17-10-13-19(28-6-2)20(15-17)29-7-3;/h10,13,15-16,18H,5-9,11-12,14H2,1-4H3,(H,26,27)(H2,23,24,25);1H. The van der Waals surface area contributed by atoms with E-state index in [-0.39, 0.29) is 35.9 Å². The predicted molar refractivity (Wildman–Crippen MR) is 132 cm³/mol. The van der Waals surface area contributed by atoms with Crippen LogP contribution in [0.2, 0.25) is 0 Å². The Morgan fingerprint density at radius 2 is 1.87 bits per heavy atom. The van der Waals surface area contributed by atoms with Crippen LogP contribution in [-0.2, 0) is 4.79 Å². The molecule has 8 heteroatoms. The number of aliphatic imine (C=N–C) groups is 1. The molecule has 1 aliphatic rings. The smallest absolute Gasteiger partial charge is 0.220 e. The molecule has 0 heterocycles. The van der Waals surface area contributed by atoms with E-state index in [0.717, 1.165) is 48.8 Å². The lowest BCUT2D eigenvalue weighted by molar-refractivity contribution is -0.121. The van der Waals surface area contributed by atoms with Gasteiger partial charge in [-0.3, -0.25) is 9.79 Å². The molecule has 1 atom stereocenters. The van der Waals surface area contributed by atoms with Crippen molar-refractivity contribution in [3.8, 4) is 11.5 Å². The summed E-state index contributed by atoms with van der Waals surface area (Å²) in [5, 5.41) is 9.70. The van der Waals surface area contributed by atoms with E-state index in [1.165, 1.54) is 0 Å².